The summed E-state index contributed by atoms with van der Waals surface area (Å²) in [5.74, 6) is 0.610. The lowest BCUT2D eigenvalue weighted by Gasteiger charge is -2.09. The topological polar surface area (TPSA) is 14.2 Å². The van der Waals surface area contributed by atoms with Crippen LogP contribution in [0.1, 0.15) is 19.4 Å². The molecule has 0 atom stereocenters. The molecule has 0 fully saturated rings. The smallest absolute Gasteiger partial charge is 0.0645 e. The number of benzene rings is 1. The van der Waals surface area contributed by atoms with Crippen LogP contribution >= 0.6 is 0 Å². The van der Waals surface area contributed by atoms with E-state index in [4.69, 9.17) is 4.74 Å². The van der Waals surface area contributed by atoms with Gasteiger partial charge in [-0.05, 0) is 35.9 Å². The standard InChI is InChI=1S/C15H21NO/c1-12(2)11-17-9-8-16-7-6-14-5-4-13(3)10-15(14)16/h4-7,10,12H,8-9,11H2,1-3H3. The van der Waals surface area contributed by atoms with Crippen LogP contribution in [0.25, 0.3) is 10.9 Å². The van der Waals surface area contributed by atoms with Gasteiger partial charge in [-0.15, -0.1) is 0 Å². The van der Waals surface area contributed by atoms with E-state index < -0.39 is 0 Å². The van der Waals surface area contributed by atoms with E-state index in [1.165, 1.54) is 16.5 Å². The predicted octanol–water partition coefficient (Wildman–Crippen LogP) is 3.62. The van der Waals surface area contributed by atoms with Gasteiger partial charge in [0, 0.05) is 24.9 Å². The molecule has 0 saturated carbocycles. The van der Waals surface area contributed by atoms with Crippen molar-refractivity contribution in [1.82, 2.24) is 4.57 Å². The maximum atomic E-state index is 5.63. The number of aromatic nitrogens is 1. The molecule has 0 saturated heterocycles. The number of aryl methyl sites for hydroxylation is 1. The summed E-state index contributed by atoms with van der Waals surface area (Å²) in [7, 11) is 0. The Bertz CT molecular complexity index is 485. The fourth-order valence-electron chi connectivity index (χ4n) is 1.97. The molecular weight excluding hydrogens is 210 g/mol. The SMILES string of the molecule is Cc1ccc2ccn(CCOCC(C)C)c2c1. The Kier molecular flexibility index (Phi) is 3.85. The number of fused-ring (bicyclic) bond motifs is 1. The summed E-state index contributed by atoms with van der Waals surface area (Å²) in [6.45, 7) is 9.04. The molecule has 1 aromatic carbocycles. The highest BCUT2D eigenvalue weighted by molar-refractivity contribution is 5.80. The largest absolute Gasteiger partial charge is 0.379 e. The molecule has 1 heterocycles. The van der Waals surface area contributed by atoms with Crippen LogP contribution in [-0.4, -0.2) is 17.8 Å². The molecule has 92 valence electrons. The minimum absolute atomic E-state index is 0.610. The third-order valence-electron chi connectivity index (χ3n) is 2.86. The molecule has 2 nitrogen and oxygen atoms in total. The van der Waals surface area contributed by atoms with Crippen LogP contribution < -0.4 is 0 Å². The van der Waals surface area contributed by atoms with E-state index in [0.717, 1.165) is 19.8 Å². The van der Waals surface area contributed by atoms with Crippen molar-refractivity contribution in [3.63, 3.8) is 0 Å². The number of rotatable bonds is 5. The minimum Gasteiger partial charge on any atom is -0.379 e. The molecule has 2 heteroatoms. The second-order valence-electron chi connectivity index (χ2n) is 5.04. The molecule has 0 N–H and O–H groups in total. The second-order valence-corrected chi connectivity index (χ2v) is 5.04. The first kappa shape index (κ1) is 12.2. The van der Waals surface area contributed by atoms with E-state index in [0.29, 0.717) is 5.92 Å². The molecule has 2 aromatic rings. The van der Waals surface area contributed by atoms with Gasteiger partial charge in [0.15, 0.2) is 0 Å². The molecule has 0 aliphatic carbocycles. The van der Waals surface area contributed by atoms with Crippen molar-refractivity contribution in [2.75, 3.05) is 13.2 Å². The Labute approximate surface area is 103 Å². The fourth-order valence-corrected chi connectivity index (χ4v) is 1.97. The molecule has 0 bridgehead atoms. The van der Waals surface area contributed by atoms with Crippen molar-refractivity contribution >= 4 is 10.9 Å². The first-order valence-electron chi connectivity index (χ1n) is 6.30. The van der Waals surface area contributed by atoms with E-state index in [1.807, 2.05) is 0 Å². The summed E-state index contributed by atoms with van der Waals surface area (Å²) < 4.78 is 7.89. The molecule has 0 radical (unpaired) electrons. The Morgan fingerprint density at radius 1 is 1.24 bits per heavy atom. The Balaban J connectivity index is 2.01. The van der Waals surface area contributed by atoms with Gasteiger partial charge in [-0.25, -0.2) is 0 Å². The van der Waals surface area contributed by atoms with Gasteiger partial charge in [-0.3, -0.25) is 0 Å². The average Bonchev–Trinajstić information content (AvgIpc) is 2.67. The third kappa shape index (κ3) is 3.10. The minimum atomic E-state index is 0.610. The molecule has 1 aromatic heterocycles. The molecule has 0 amide bonds. The molecule has 0 spiro atoms. The van der Waals surface area contributed by atoms with Crippen LogP contribution in [0.3, 0.4) is 0 Å². The highest BCUT2D eigenvalue weighted by Crippen LogP contribution is 2.17. The number of nitrogens with zero attached hydrogens (tertiary/aromatic N) is 1. The second kappa shape index (κ2) is 5.37. The number of hydrogen-bond acceptors (Lipinski definition) is 1. The summed E-state index contributed by atoms with van der Waals surface area (Å²) in [6, 6.07) is 8.73. The lowest BCUT2D eigenvalue weighted by atomic mass is 10.2. The number of hydrogen-bond donors (Lipinski definition) is 0. The van der Waals surface area contributed by atoms with Crippen LogP contribution in [0.2, 0.25) is 0 Å². The third-order valence-corrected chi connectivity index (χ3v) is 2.86. The zero-order valence-corrected chi connectivity index (χ0v) is 10.9. The summed E-state index contributed by atoms with van der Waals surface area (Å²) in [6.07, 6.45) is 2.14. The van der Waals surface area contributed by atoms with E-state index in [9.17, 15) is 0 Å². The zero-order chi connectivity index (χ0) is 12.3. The van der Waals surface area contributed by atoms with Gasteiger partial charge < -0.3 is 9.30 Å². The van der Waals surface area contributed by atoms with Crippen molar-refractivity contribution < 1.29 is 4.74 Å². The van der Waals surface area contributed by atoms with Crippen LogP contribution in [0.15, 0.2) is 30.5 Å². The molecule has 0 aliphatic rings. The Hall–Kier alpha value is -1.28. The van der Waals surface area contributed by atoms with Crippen molar-refractivity contribution in [1.29, 1.82) is 0 Å². The van der Waals surface area contributed by atoms with Crippen LogP contribution in [0.5, 0.6) is 0 Å². The molecule has 2 rings (SSSR count). The van der Waals surface area contributed by atoms with Crippen molar-refractivity contribution in [3.8, 4) is 0 Å². The molecular formula is C15H21NO. The van der Waals surface area contributed by atoms with E-state index in [1.54, 1.807) is 0 Å². The van der Waals surface area contributed by atoms with Gasteiger partial charge in [0.2, 0.25) is 0 Å². The summed E-state index contributed by atoms with van der Waals surface area (Å²) in [5.41, 5.74) is 2.61. The first-order chi connectivity index (χ1) is 8.16. The maximum absolute atomic E-state index is 5.63. The summed E-state index contributed by atoms with van der Waals surface area (Å²) >= 11 is 0. The fraction of sp³-hybridized carbons (Fsp3) is 0.467. The normalized spacial score (nSPS) is 11.5. The lowest BCUT2D eigenvalue weighted by molar-refractivity contribution is 0.104. The molecule has 17 heavy (non-hydrogen) atoms. The zero-order valence-electron chi connectivity index (χ0n) is 10.9. The van der Waals surface area contributed by atoms with Gasteiger partial charge in [-0.1, -0.05) is 26.0 Å². The summed E-state index contributed by atoms with van der Waals surface area (Å²) in [5, 5.41) is 1.31. The van der Waals surface area contributed by atoms with Crippen LogP contribution in [0.4, 0.5) is 0 Å². The molecule has 0 unspecified atom stereocenters. The lowest BCUT2D eigenvalue weighted by Crippen LogP contribution is -2.08. The highest BCUT2D eigenvalue weighted by atomic mass is 16.5. The highest BCUT2D eigenvalue weighted by Gasteiger charge is 2.01. The predicted molar refractivity (Wildman–Crippen MR) is 72.3 cm³/mol. The van der Waals surface area contributed by atoms with Gasteiger partial charge in [0.05, 0.1) is 6.61 Å². The van der Waals surface area contributed by atoms with Gasteiger partial charge >= 0.3 is 0 Å². The monoisotopic (exact) mass is 231 g/mol. The average molecular weight is 231 g/mol. The Morgan fingerprint density at radius 2 is 2.06 bits per heavy atom. The quantitative estimate of drug-likeness (QED) is 0.717. The maximum Gasteiger partial charge on any atom is 0.0645 e. The van der Waals surface area contributed by atoms with Crippen LogP contribution in [-0.2, 0) is 11.3 Å². The van der Waals surface area contributed by atoms with Crippen molar-refractivity contribution in [3.05, 3.63) is 36.0 Å². The van der Waals surface area contributed by atoms with E-state index in [-0.39, 0.29) is 0 Å². The van der Waals surface area contributed by atoms with Gasteiger partial charge in [0.25, 0.3) is 0 Å². The van der Waals surface area contributed by atoms with Crippen molar-refractivity contribution in [2.45, 2.75) is 27.3 Å². The van der Waals surface area contributed by atoms with Gasteiger partial charge in [-0.2, -0.15) is 0 Å². The van der Waals surface area contributed by atoms with E-state index >= 15 is 0 Å². The van der Waals surface area contributed by atoms with Gasteiger partial charge in [0.1, 0.15) is 0 Å². The van der Waals surface area contributed by atoms with E-state index in [2.05, 4.69) is 55.8 Å². The Morgan fingerprint density at radius 3 is 2.82 bits per heavy atom. The first-order valence-corrected chi connectivity index (χ1v) is 6.30. The van der Waals surface area contributed by atoms with Crippen LogP contribution in [0, 0.1) is 12.8 Å². The summed E-state index contributed by atoms with van der Waals surface area (Å²) in [4.78, 5) is 0. The number of ether oxygens (including phenoxy) is 1. The molecule has 0 aliphatic heterocycles. The van der Waals surface area contributed by atoms with Crippen molar-refractivity contribution in [2.24, 2.45) is 5.92 Å².